The van der Waals surface area contributed by atoms with Crippen LogP contribution in [0.4, 0.5) is 0 Å². The molecule has 1 saturated heterocycles. The molecule has 8 nitrogen and oxygen atoms in total. The molecule has 2 rings (SSSR count). The summed E-state index contributed by atoms with van der Waals surface area (Å²) in [5.74, 6) is -0.464. The summed E-state index contributed by atoms with van der Waals surface area (Å²) < 4.78 is 50.6. The van der Waals surface area contributed by atoms with Gasteiger partial charge in [-0.2, -0.15) is 0 Å². The van der Waals surface area contributed by atoms with E-state index >= 15 is 0 Å². The molecular formula is C16H24ClN3O5S2. The highest BCUT2D eigenvalue weighted by Gasteiger charge is 2.24. The molecule has 1 unspecified atom stereocenters. The Labute approximate surface area is 165 Å². The van der Waals surface area contributed by atoms with E-state index in [1.54, 1.807) is 0 Å². The van der Waals surface area contributed by atoms with Crippen molar-refractivity contribution >= 4 is 37.4 Å². The third-order valence-corrected chi connectivity index (χ3v) is 7.52. The molecule has 0 saturated carbocycles. The maximum atomic E-state index is 12.5. The molecule has 3 N–H and O–H groups in total. The number of nitrogens with one attached hydrogen (secondary N) is 1. The van der Waals surface area contributed by atoms with Crippen LogP contribution in [0.25, 0.3) is 0 Å². The highest BCUT2D eigenvalue weighted by molar-refractivity contribution is 7.91. The third-order valence-electron chi connectivity index (χ3n) is 4.47. The van der Waals surface area contributed by atoms with Gasteiger partial charge in [0.25, 0.3) is 0 Å². The predicted octanol–water partition coefficient (Wildman–Crippen LogP) is 0.609. The lowest BCUT2D eigenvalue weighted by molar-refractivity contribution is -0.123. The number of halogens is 1. The van der Waals surface area contributed by atoms with Crippen molar-refractivity contribution in [3.05, 3.63) is 23.2 Å². The number of carbonyl (C=O) groups is 1. The Morgan fingerprint density at radius 3 is 2.67 bits per heavy atom. The van der Waals surface area contributed by atoms with Crippen molar-refractivity contribution in [1.29, 1.82) is 0 Å². The van der Waals surface area contributed by atoms with Crippen molar-refractivity contribution in [1.82, 2.24) is 9.62 Å². The van der Waals surface area contributed by atoms with E-state index in [4.69, 9.17) is 17.3 Å². The zero-order valence-electron chi connectivity index (χ0n) is 15.0. The maximum Gasteiger partial charge on any atom is 0.242 e. The van der Waals surface area contributed by atoms with E-state index in [1.165, 1.54) is 12.1 Å². The normalized spacial score (nSPS) is 19.1. The monoisotopic (exact) mass is 437 g/mol. The molecule has 0 radical (unpaired) electrons. The lowest BCUT2D eigenvalue weighted by atomic mass is 9.97. The van der Waals surface area contributed by atoms with Gasteiger partial charge in [-0.25, -0.2) is 21.6 Å². The van der Waals surface area contributed by atoms with E-state index in [0.29, 0.717) is 19.5 Å². The van der Waals surface area contributed by atoms with Gasteiger partial charge >= 0.3 is 0 Å². The first-order valence-electron chi connectivity index (χ1n) is 8.51. The van der Waals surface area contributed by atoms with E-state index in [1.807, 2.05) is 0 Å². The van der Waals surface area contributed by atoms with Gasteiger partial charge in [-0.1, -0.05) is 11.6 Å². The molecule has 1 aromatic carbocycles. The fraction of sp³-hybridized carbons (Fsp3) is 0.562. The van der Waals surface area contributed by atoms with Crippen LogP contribution in [0.1, 0.15) is 19.3 Å². The molecule has 11 heteroatoms. The molecule has 1 fully saturated rings. The predicted molar refractivity (Wildman–Crippen MR) is 103 cm³/mol. The highest BCUT2D eigenvalue weighted by atomic mass is 35.5. The van der Waals surface area contributed by atoms with Crippen molar-refractivity contribution in [2.45, 2.75) is 29.1 Å². The first-order chi connectivity index (χ1) is 12.5. The van der Waals surface area contributed by atoms with Gasteiger partial charge in [-0.15, -0.1) is 0 Å². The number of piperidine rings is 1. The number of rotatable bonds is 8. The average Bonchev–Trinajstić information content (AvgIpc) is 2.58. The van der Waals surface area contributed by atoms with Crippen LogP contribution < -0.4 is 10.5 Å². The number of carbonyl (C=O) groups excluding carboxylic acids is 1. The minimum absolute atomic E-state index is 0.0461. The van der Waals surface area contributed by atoms with Gasteiger partial charge in [0, 0.05) is 19.3 Å². The molecule has 27 heavy (non-hydrogen) atoms. The first kappa shape index (κ1) is 22.1. The number of benzene rings is 1. The van der Waals surface area contributed by atoms with Crippen LogP contribution in [0.2, 0.25) is 5.02 Å². The molecule has 1 aromatic rings. The molecule has 1 aliphatic heterocycles. The number of nitrogens with zero attached hydrogens (tertiary/aromatic N) is 1. The number of amides is 1. The standard InChI is InChI=1S/C16H24ClN3O5S2/c1-26(22,23)13-5-6-14(17)15(10-13)27(24,25)19-7-3-9-20-8-2-4-12(11-20)16(18)21/h5-6,10,12,19H,2-4,7-9,11H2,1H3,(H2,18,21). The van der Waals surface area contributed by atoms with Crippen molar-refractivity contribution in [2.24, 2.45) is 11.7 Å². The number of sulfonamides is 1. The molecule has 0 spiro atoms. The van der Waals surface area contributed by atoms with Crippen LogP contribution in [0, 0.1) is 5.92 Å². The van der Waals surface area contributed by atoms with Crippen LogP contribution in [0.5, 0.6) is 0 Å². The van der Waals surface area contributed by atoms with Crippen LogP contribution in [-0.4, -0.2) is 60.1 Å². The van der Waals surface area contributed by atoms with Crippen molar-refractivity contribution < 1.29 is 21.6 Å². The van der Waals surface area contributed by atoms with Crippen molar-refractivity contribution in [3.8, 4) is 0 Å². The highest BCUT2D eigenvalue weighted by Crippen LogP contribution is 2.24. The fourth-order valence-electron chi connectivity index (χ4n) is 3.00. The van der Waals surface area contributed by atoms with Gasteiger partial charge in [-0.05, 0) is 50.6 Å². The molecule has 1 heterocycles. The van der Waals surface area contributed by atoms with E-state index in [2.05, 4.69) is 9.62 Å². The molecule has 152 valence electrons. The quantitative estimate of drug-likeness (QED) is 0.573. The Bertz CT molecular complexity index is 903. The largest absolute Gasteiger partial charge is 0.369 e. The van der Waals surface area contributed by atoms with Crippen molar-refractivity contribution in [2.75, 3.05) is 32.4 Å². The lowest BCUT2D eigenvalue weighted by Crippen LogP contribution is -2.42. The van der Waals surface area contributed by atoms with E-state index < -0.39 is 19.9 Å². The topological polar surface area (TPSA) is 127 Å². The smallest absolute Gasteiger partial charge is 0.242 e. The SMILES string of the molecule is CS(=O)(=O)c1ccc(Cl)c(S(=O)(=O)NCCCN2CCCC(C(N)=O)C2)c1. The van der Waals surface area contributed by atoms with Crippen LogP contribution in [-0.2, 0) is 24.7 Å². The third kappa shape index (κ3) is 6.15. The van der Waals surface area contributed by atoms with Gasteiger partial charge in [0.2, 0.25) is 15.9 Å². The first-order valence-corrected chi connectivity index (χ1v) is 12.3. The maximum absolute atomic E-state index is 12.5. The lowest BCUT2D eigenvalue weighted by Gasteiger charge is -2.31. The summed E-state index contributed by atoms with van der Waals surface area (Å²) in [5, 5.41) is -0.0461. The fourth-order valence-corrected chi connectivity index (χ4v) is 5.32. The van der Waals surface area contributed by atoms with E-state index in [0.717, 1.165) is 31.7 Å². The summed E-state index contributed by atoms with van der Waals surface area (Å²) in [6, 6.07) is 3.58. The molecule has 1 atom stereocenters. The average molecular weight is 438 g/mol. The zero-order chi connectivity index (χ0) is 20.2. The molecule has 0 bridgehead atoms. The van der Waals surface area contributed by atoms with Crippen LogP contribution in [0.15, 0.2) is 28.0 Å². The summed E-state index contributed by atoms with van der Waals surface area (Å²) in [6.07, 6.45) is 3.20. The Morgan fingerprint density at radius 1 is 1.33 bits per heavy atom. The number of hydrogen-bond donors (Lipinski definition) is 2. The molecular weight excluding hydrogens is 414 g/mol. The summed E-state index contributed by atoms with van der Waals surface area (Å²) >= 11 is 5.95. The zero-order valence-corrected chi connectivity index (χ0v) is 17.4. The second-order valence-corrected chi connectivity index (χ2v) is 10.8. The van der Waals surface area contributed by atoms with Gasteiger partial charge in [0.1, 0.15) is 4.90 Å². The minimum atomic E-state index is -3.94. The summed E-state index contributed by atoms with van der Waals surface area (Å²) in [4.78, 5) is 13.0. The van der Waals surface area contributed by atoms with Crippen molar-refractivity contribution in [3.63, 3.8) is 0 Å². The summed E-state index contributed by atoms with van der Waals surface area (Å²) in [5.41, 5.74) is 5.35. The molecule has 1 aliphatic rings. The summed E-state index contributed by atoms with van der Waals surface area (Å²) in [7, 11) is -7.49. The van der Waals surface area contributed by atoms with Gasteiger partial charge < -0.3 is 10.6 Å². The van der Waals surface area contributed by atoms with Gasteiger partial charge in [0.15, 0.2) is 9.84 Å². The molecule has 0 aromatic heterocycles. The number of primary amides is 1. The number of nitrogens with two attached hydrogens (primary N) is 1. The second kappa shape index (κ2) is 8.87. The Balaban J connectivity index is 1.95. The van der Waals surface area contributed by atoms with Crippen LogP contribution in [0.3, 0.4) is 0 Å². The Hall–Kier alpha value is -1.20. The Morgan fingerprint density at radius 2 is 2.04 bits per heavy atom. The van der Waals surface area contributed by atoms with E-state index in [9.17, 15) is 21.6 Å². The number of hydrogen-bond acceptors (Lipinski definition) is 6. The second-order valence-electron chi connectivity index (χ2n) is 6.66. The summed E-state index contributed by atoms with van der Waals surface area (Å²) in [6.45, 7) is 2.23. The minimum Gasteiger partial charge on any atom is -0.369 e. The number of sulfone groups is 1. The Kier molecular flexibility index (Phi) is 7.26. The van der Waals surface area contributed by atoms with Gasteiger partial charge in [0.05, 0.1) is 15.8 Å². The molecule has 1 amide bonds. The van der Waals surface area contributed by atoms with Crippen LogP contribution >= 0.6 is 11.6 Å². The van der Waals surface area contributed by atoms with Gasteiger partial charge in [-0.3, -0.25) is 4.79 Å². The van der Waals surface area contributed by atoms with E-state index in [-0.39, 0.29) is 33.2 Å². The number of likely N-dealkylation sites (tertiary alicyclic amines) is 1. The molecule has 0 aliphatic carbocycles.